The van der Waals surface area contributed by atoms with Gasteiger partial charge in [-0.15, -0.1) is 0 Å². The fraction of sp³-hybridized carbons (Fsp3) is 0.226. The molecule has 0 saturated carbocycles. The van der Waals surface area contributed by atoms with Crippen LogP contribution in [-0.4, -0.2) is 38.9 Å². The van der Waals surface area contributed by atoms with E-state index in [0.717, 1.165) is 5.56 Å². The molecule has 0 aliphatic rings. The molecule has 4 aromatic carbocycles. The highest BCUT2D eigenvalue weighted by Crippen LogP contribution is 2.29. The average molecular weight is 560 g/mol. The highest BCUT2D eigenvalue weighted by Gasteiger charge is 2.26. The van der Waals surface area contributed by atoms with Gasteiger partial charge >= 0.3 is 0 Å². The molecule has 0 spiro atoms. The van der Waals surface area contributed by atoms with Crippen LogP contribution in [0.4, 0.5) is 5.69 Å². The van der Waals surface area contributed by atoms with Crippen molar-refractivity contribution in [2.75, 3.05) is 12.4 Å². The molecule has 40 heavy (non-hydrogen) atoms. The second-order valence-corrected chi connectivity index (χ2v) is 12.1. The third-order valence-corrected chi connectivity index (χ3v) is 7.94. The first-order valence-corrected chi connectivity index (χ1v) is 14.3. The minimum absolute atomic E-state index is 0.114. The monoisotopic (exact) mass is 559 g/mol. The van der Waals surface area contributed by atoms with Crippen molar-refractivity contribution in [3.63, 3.8) is 0 Å². The van der Waals surface area contributed by atoms with Crippen LogP contribution < -0.4 is 20.1 Å². The van der Waals surface area contributed by atoms with Crippen LogP contribution in [0, 0.1) is 0 Å². The molecule has 0 fully saturated rings. The molecule has 0 radical (unpaired) electrons. The second-order valence-electron chi connectivity index (χ2n) is 10.4. The molecular formula is C31H33N3O5S. The fourth-order valence-corrected chi connectivity index (χ4v) is 5.98. The first-order valence-electron chi connectivity index (χ1n) is 12.8. The number of hydrogen-bond acceptors (Lipinski definition) is 5. The van der Waals surface area contributed by atoms with Crippen molar-refractivity contribution in [3.05, 3.63) is 102 Å². The predicted molar refractivity (Wildman–Crippen MR) is 157 cm³/mol. The molecule has 3 N–H and O–H groups in total. The first-order chi connectivity index (χ1) is 19.0. The van der Waals surface area contributed by atoms with E-state index in [2.05, 4.69) is 15.4 Å². The van der Waals surface area contributed by atoms with E-state index < -0.39 is 27.5 Å². The Morgan fingerprint density at radius 2 is 1.48 bits per heavy atom. The molecule has 0 heterocycles. The minimum atomic E-state index is -3.83. The van der Waals surface area contributed by atoms with E-state index in [1.54, 1.807) is 94.6 Å². The second kappa shape index (κ2) is 11.9. The Hall–Kier alpha value is -4.21. The summed E-state index contributed by atoms with van der Waals surface area (Å²) in [5.74, 6) is -0.136. The summed E-state index contributed by atoms with van der Waals surface area (Å²) in [4.78, 5) is 26.8. The van der Waals surface area contributed by atoms with Crippen LogP contribution in [0.25, 0.3) is 10.8 Å². The normalized spacial score (nSPS) is 12.5. The van der Waals surface area contributed by atoms with Gasteiger partial charge in [0.1, 0.15) is 11.8 Å². The molecule has 0 aromatic heterocycles. The number of ether oxygens (including phenoxy) is 1. The maximum Gasteiger partial charge on any atom is 0.251 e. The van der Waals surface area contributed by atoms with Gasteiger partial charge in [0.05, 0.1) is 12.0 Å². The summed E-state index contributed by atoms with van der Waals surface area (Å²) in [5.41, 5.74) is 1.03. The van der Waals surface area contributed by atoms with E-state index in [0.29, 0.717) is 27.8 Å². The van der Waals surface area contributed by atoms with Crippen molar-refractivity contribution in [2.45, 2.75) is 43.7 Å². The van der Waals surface area contributed by atoms with Crippen LogP contribution in [0.1, 0.15) is 36.7 Å². The van der Waals surface area contributed by atoms with E-state index in [1.807, 2.05) is 18.2 Å². The quantitative estimate of drug-likeness (QED) is 0.270. The zero-order valence-corrected chi connectivity index (χ0v) is 23.7. The number of carbonyl (C=O) groups excluding carboxylic acids is 2. The standard InChI is InChI=1S/C31H33N3O5S/c1-31(2,3)34-40(37,38)28-15-9-12-24-25(28)13-8-14-26(24)32-30(36)27(20-21-16-18-23(39-4)19-17-21)33-29(35)22-10-6-5-7-11-22/h5-19,27,34H,20H2,1-4H3,(H,32,36)(H,33,35)/t27-/m0/s1. The van der Waals surface area contributed by atoms with Gasteiger partial charge in [-0.3, -0.25) is 9.59 Å². The molecular weight excluding hydrogens is 526 g/mol. The lowest BCUT2D eigenvalue weighted by molar-refractivity contribution is -0.118. The van der Waals surface area contributed by atoms with Gasteiger partial charge in [0.15, 0.2) is 0 Å². The Labute approximate surface area is 234 Å². The lowest BCUT2D eigenvalue weighted by atomic mass is 10.0. The smallest absolute Gasteiger partial charge is 0.251 e. The summed E-state index contributed by atoms with van der Waals surface area (Å²) in [6.07, 6.45) is 0.230. The third-order valence-electron chi connectivity index (χ3n) is 6.13. The van der Waals surface area contributed by atoms with Crippen LogP contribution in [0.2, 0.25) is 0 Å². The van der Waals surface area contributed by atoms with E-state index in [-0.39, 0.29) is 17.2 Å². The number of sulfonamides is 1. The molecule has 4 aromatic rings. The maximum absolute atomic E-state index is 13.6. The lowest BCUT2D eigenvalue weighted by Crippen LogP contribution is -2.45. The fourth-order valence-electron chi connectivity index (χ4n) is 4.34. The molecule has 0 bridgehead atoms. The van der Waals surface area contributed by atoms with Gasteiger partial charge in [-0.05, 0) is 62.7 Å². The molecule has 0 aliphatic carbocycles. The SMILES string of the molecule is COc1ccc(C[C@H](NC(=O)c2ccccc2)C(=O)Nc2cccc3c(S(=O)(=O)NC(C)(C)C)cccc23)cc1. The molecule has 208 valence electrons. The van der Waals surface area contributed by atoms with Crippen molar-refractivity contribution in [1.29, 1.82) is 0 Å². The van der Waals surface area contributed by atoms with Crippen molar-refractivity contribution in [3.8, 4) is 5.75 Å². The number of hydrogen-bond donors (Lipinski definition) is 3. The Balaban J connectivity index is 1.66. The highest BCUT2D eigenvalue weighted by atomic mass is 32.2. The number of benzene rings is 4. The molecule has 1 atom stereocenters. The summed E-state index contributed by atoms with van der Waals surface area (Å²) in [6.45, 7) is 5.32. The van der Waals surface area contributed by atoms with Gasteiger partial charge < -0.3 is 15.4 Å². The van der Waals surface area contributed by atoms with E-state index in [9.17, 15) is 18.0 Å². The number of rotatable bonds is 9. The number of amides is 2. The van der Waals surface area contributed by atoms with E-state index in [4.69, 9.17) is 4.74 Å². The van der Waals surface area contributed by atoms with Crippen molar-refractivity contribution in [1.82, 2.24) is 10.0 Å². The van der Waals surface area contributed by atoms with E-state index >= 15 is 0 Å². The Bertz CT molecular complexity index is 1610. The van der Waals surface area contributed by atoms with Gasteiger partial charge in [-0.2, -0.15) is 0 Å². The number of carbonyl (C=O) groups is 2. The predicted octanol–water partition coefficient (Wildman–Crippen LogP) is 4.91. The number of methoxy groups -OCH3 is 1. The van der Waals surface area contributed by atoms with Crippen LogP contribution >= 0.6 is 0 Å². The van der Waals surface area contributed by atoms with Gasteiger partial charge in [-0.25, -0.2) is 13.1 Å². The number of nitrogens with one attached hydrogen (secondary N) is 3. The average Bonchev–Trinajstić information content (AvgIpc) is 2.92. The van der Waals surface area contributed by atoms with Crippen LogP contribution in [0.5, 0.6) is 5.75 Å². The summed E-state index contributed by atoms with van der Waals surface area (Å²) in [7, 11) is -2.25. The van der Waals surface area contributed by atoms with Gasteiger partial charge in [0.25, 0.3) is 5.91 Å². The maximum atomic E-state index is 13.6. The zero-order chi connectivity index (χ0) is 28.9. The molecule has 2 amide bonds. The molecule has 0 saturated heterocycles. The molecule has 4 rings (SSSR count). The van der Waals surface area contributed by atoms with Crippen molar-refractivity contribution < 1.29 is 22.7 Å². The lowest BCUT2D eigenvalue weighted by Gasteiger charge is -2.22. The van der Waals surface area contributed by atoms with Crippen molar-refractivity contribution in [2.24, 2.45) is 0 Å². The van der Waals surface area contributed by atoms with E-state index in [1.165, 1.54) is 6.07 Å². The van der Waals surface area contributed by atoms with Gasteiger partial charge in [0.2, 0.25) is 15.9 Å². The summed E-state index contributed by atoms with van der Waals surface area (Å²) in [6, 6.07) is 25.0. The third kappa shape index (κ3) is 7.05. The van der Waals surface area contributed by atoms with Gasteiger partial charge in [-0.1, -0.05) is 54.6 Å². The zero-order valence-electron chi connectivity index (χ0n) is 22.9. The highest BCUT2D eigenvalue weighted by molar-refractivity contribution is 7.89. The summed E-state index contributed by atoms with van der Waals surface area (Å²) < 4.78 is 34.2. The number of anilines is 1. The van der Waals surface area contributed by atoms with Crippen LogP contribution in [0.3, 0.4) is 0 Å². The molecule has 8 nitrogen and oxygen atoms in total. The summed E-state index contributed by atoms with van der Waals surface area (Å²) in [5, 5.41) is 6.80. The van der Waals surface area contributed by atoms with Crippen LogP contribution in [0.15, 0.2) is 95.9 Å². The topological polar surface area (TPSA) is 114 Å². The summed E-state index contributed by atoms with van der Waals surface area (Å²) >= 11 is 0. The minimum Gasteiger partial charge on any atom is -0.497 e. The Morgan fingerprint density at radius 3 is 2.12 bits per heavy atom. The molecule has 0 aliphatic heterocycles. The molecule has 0 unspecified atom stereocenters. The first kappa shape index (κ1) is 28.8. The van der Waals surface area contributed by atoms with Gasteiger partial charge in [0, 0.05) is 34.0 Å². The number of fused-ring (bicyclic) bond motifs is 1. The van der Waals surface area contributed by atoms with Crippen LogP contribution in [-0.2, 0) is 21.2 Å². The molecule has 9 heteroatoms. The Kier molecular flexibility index (Phi) is 8.56. The van der Waals surface area contributed by atoms with Crippen molar-refractivity contribution >= 4 is 38.3 Å². The Morgan fingerprint density at radius 1 is 0.825 bits per heavy atom. The largest absolute Gasteiger partial charge is 0.497 e.